The number of ether oxygens (including phenoxy) is 1. The Balaban J connectivity index is 2.36. The van der Waals surface area contributed by atoms with Gasteiger partial charge in [0.1, 0.15) is 0 Å². The Morgan fingerprint density at radius 2 is 2.04 bits per heavy atom. The summed E-state index contributed by atoms with van der Waals surface area (Å²) in [6, 6.07) is 5.07. The maximum Gasteiger partial charge on any atom is 0.405 e. The van der Waals surface area contributed by atoms with Gasteiger partial charge in [0.25, 0.3) is 5.91 Å². The second kappa shape index (κ2) is 5.42. The van der Waals surface area contributed by atoms with Crippen LogP contribution in [0.3, 0.4) is 0 Å². The summed E-state index contributed by atoms with van der Waals surface area (Å²) in [5, 5.41) is 10.2. The van der Waals surface area contributed by atoms with Crippen LogP contribution >= 0.6 is 0 Å². The number of aryl methyl sites for hydroxylation is 2. The van der Waals surface area contributed by atoms with Gasteiger partial charge in [-0.1, -0.05) is 0 Å². The summed E-state index contributed by atoms with van der Waals surface area (Å²) in [5.41, 5.74) is 11.1. The van der Waals surface area contributed by atoms with Crippen molar-refractivity contribution in [1.29, 1.82) is 0 Å². The molecule has 1 atom stereocenters. The fourth-order valence-electron chi connectivity index (χ4n) is 3.33. The monoisotopic (exact) mass is 344 g/mol. The molecule has 3 rings (SSSR count). The van der Waals surface area contributed by atoms with Gasteiger partial charge in [-0.25, -0.2) is 4.79 Å². The Hall–Kier alpha value is -3.20. The predicted octanol–water partition coefficient (Wildman–Crippen LogP) is 0.873. The van der Waals surface area contributed by atoms with Crippen molar-refractivity contribution in [1.82, 2.24) is 10.0 Å². The number of hydrogen-bond donors (Lipinski definition) is 3. The van der Waals surface area contributed by atoms with Crippen LogP contribution in [0.2, 0.25) is 0 Å². The molecule has 25 heavy (non-hydrogen) atoms. The largest absolute Gasteiger partial charge is 0.427 e. The van der Waals surface area contributed by atoms with E-state index < -0.39 is 29.9 Å². The molecule has 1 unspecified atom stereocenters. The van der Waals surface area contributed by atoms with E-state index in [-0.39, 0.29) is 10.6 Å². The highest BCUT2D eigenvalue weighted by Gasteiger charge is 2.58. The van der Waals surface area contributed by atoms with Crippen molar-refractivity contribution >= 4 is 34.5 Å². The molecule has 5 N–H and O–H groups in total. The standard InChI is InChI=1S/C16H16N4O5/c1-7-10-5-9(17)3-4-11(10)19-8(2)13(7)16(25-15(18)23)6-12(21)20(24)14(16)22/h3-5,24H,6,17H2,1-2H3,(H2,18,23). The number of imide groups is 1. The summed E-state index contributed by atoms with van der Waals surface area (Å²) in [6.07, 6.45) is -1.81. The molecule has 1 fully saturated rings. The highest BCUT2D eigenvalue weighted by molar-refractivity contribution is 6.08. The van der Waals surface area contributed by atoms with Crippen LogP contribution in [0.1, 0.15) is 23.2 Å². The van der Waals surface area contributed by atoms with Gasteiger partial charge in [0.15, 0.2) is 0 Å². The molecule has 2 aromatic rings. The highest BCUT2D eigenvalue weighted by atomic mass is 16.6. The quantitative estimate of drug-likeness (QED) is 0.416. The lowest BCUT2D eigenvalue weighted by atomic mass is 9.85. The first-order chi connectivity index (χ1) is 11.7. The topological polar surface area (TPSA) is 149 Å². The lowest BCUT2D eigenvalue weighted by Gasteiger charge is -2.28. The number of fused-ring (bicyclic) bond motifs is 1. The third-order valence-corrected chi connectivity index (χ3v) is 4.30. The lowest BCUT2D eigenvalue weighted by molar-refractivity contribution is -0.177. The lowest BCUT2D eigenvalue weighted by Crippen LogP contribution is -2.43. The molecule has 1 aromatic heterocycles. The molecule has 0 aliphatic carbocycles. The van der Waals surface area contributed by atoms with Gasteiger partial charge in [0.05, 0.1) is 11.9 Å². The van der Waals surface area contributed by atoms with Gasteiger partial charge in [-0.2, -0.15) is 5.06 Å². The molecule has 1 aliphatic heterocycles. The van der Waals surface area contributed by atoms with E-state index >= 15 is 0 Å². The van der Waals surface area contributed by atoms with Crippen LogP contribution in [0.5, 0.6) is 0 Å². The third-order valence-electron chi connectivity index (χ3n) is 4.30. The molecule has 0 saturated carbocycles. The molecule has 9 heteroatoms. The van der Waals surface area contributed by atoms with Gasteiger partial charge in [0.2, 0.25) is 5.60 Å². The first kappa shape index (κ1) is 16.7. The number of nitrogens with two attached hydrogens (primary N) is 2. The number of hydrogen-bond acceptors (Lipinski definition) is 7. The smallest absolute Gasteiger partial charge is 0.405 e. The SMILES string of the molecule is Cc1nc2ccc(N)cc2c(C)c1C1(OC(N)=O)CC(=O)N(O)C1=O. The minimum atomic E-state index is -2.06. The average molecular weight is 344 g/mol. The summed E-state index contributed by atoms with van der Waals surface area (Å²) in [6.45, 7) is 3.30. The number of nitrogen functional groups attached to an aromatic ring is 1. The Labute approximate surface area is 142 Å². The van der Waals surface area contributed by atoms with Gasteiger partial charge in [-0.05, 0) is 37.6 Å². The number of pyridine rings is 1. The number of amides is 3. The molecule has 1 aliphatic rings. The summed E-state index contributed by atoms with van der Waals surface area (Å²) < 4.78 is 5.07. The molecule has 2 heterocycles. The molecule has 1 saturated heterocycles. The van der Waals surface area contributed by atoms with Crippen LogP contribution in [-0.4, -0.2) is 33.2 Å². The summed E-state index contributed by atoms with van der Waals surface area (Å²) in [4.78, 5) is 40.3. The fraction of sp³-hybridized carbons (Fsp3) is 0.250. The Kier molecular flexibility index (Phi) is 3.61. The van der Waals surface area contributed by atoms with E-state index in [4.69, 9.17) is 16.2 Å². The van der Waals surface area contributed by atoms with E-state index in [9.17, 15) is 19.6 Å². The molecule has 3 amide bonds. The second-order valence-corrected chi connectivity index (χ2v) is 5.91. The molecule has 0 radical (unpaired) electrons. The van der Waals surface area contributed by atoms with Gasteiger partial charge in [-0.15, -0.1) is 0 Å². The number of hydroxylamine groups is 2. The summed E-state index contributed by atoms with van der Waals surface area (Å²) >= 11 is 0. The van der Waals surface area contributed by atoms with E-state index in [1.165, 1.54) is 0 Å². The minimum Gasteiger partial charge on any atom is -0.427 e. The van der Waals surface area contributed by atoms with Crippen LogP contribution in [0, 0.1) is 13.8 Å². The van der Waals surface area contributed by atoms with Crippen LogP contribution in [-0.2, 0) is 19.9 Å². The first-order valence-electron chi connectivity index (χ1n) is 7.39. The Bertz CT molecular complexity index is 938. The molecular formula is C16H16N4O5. The van der Waals surface area contributed by atoms with Crippen molar-refractivity contribution in [2.45, 2.75) is 25.9 Å². The van der Waals surface area contributed by atoms with Crippen molar-refractivity contribution in [2.75, 3.05) is 5.73 Å². The molecular weight excluding hydrogens is 328 g/mol. The molecule has 0 bridgehead atoms. The number of benzene rings is 1. The summed E-state index contributed by atoms with van der Waals surface area (Å²) in [7, 11) is 0. The fourth-order valence-corrected chi connectivity index (χ4v) is 3.33. The minimum absolute atomic E-state index is 0.0641. The van der Waals surface area contributed by atoms with Crippen molar-refractivity contribution in [3.63, 3.8) is 0 Å². The van der Waals surface area contributed by atoms with E-state index in [2.05, 4.69) is 4.98 Å². The zero-order valence-corrected chi connectivity index (χ0v) is 13.6. The highest BCUT2D eigenvalue weighted by Crippen LogP contribution is 2.42. The average Bonchev–Trinajstić information content (AvgIpc) is 2.72. The molecule has 130 valence electrons. The van der Waals surface area contributed by atoms with E-state index in [0.717, 1.165) is 0 Å². The van der Waals surface area contributed by atoms with Crippen LogP contribution in [0.4, 0.5) is 10.5 Å². The number of rotatable bonds is 2. The molecule has 9 nitrogen and oxygen atoms in total. The number of nitrogens with zero attached hydrogens (tertiary/aromatic N) is 2. The second-order valence-electron chi connectivity index (χ2n) is 5.91. The number of carbonyl (C=O) groups is 3. The zero-order chi connectivity index (χ0) is 18.5. The van der Waals surface area contributed by atoms with E-state index in [0.29, 0.717) is 27.8 Å². The normalized spacial score (nSPS) is 20.4. The maximum atomic E-state index is 12.6. The van der Waals surface area contributed by atoms with Crippen molar-refractivity contribution in [3.05, 3.63) is 35.0 Å². The van der Waals surface area contributed by atoms with Gasteiger partial charge in [-0.3, -0.25) is 19.8 Å². The number of aromatic nitrogens is 1. The Morgan fingerprint density at radius 3 is 2.60 bits per heavy atom. The van der Waals surface area contributed by atoms with Gasteiger partial charge in [0, 0.05) is 22.3 Å². The zero-order valence-electron chi connectivity index (χ0n) is 13.6. The first-order valence-corrected chi connectivity index (χ1v) is 7.39. The van der Waals surface area contributed by atoms with E-state index in [1.54, 1.807) is 32.0 Å². The van der Waals surface area contributed by atoms with Gasteiger partial charge < -0.3 is 16.2 Å². The van der Waals surface area contributed by atoms with Crippen LogP contribution in [0.15, 0.2) is 18.2 Å². The van der Waals surface area contributed by atoms with Crippen molar-refractivity contribution in [2.24, 2.45) is 5.73 Å². The third kappa shape index (κ3) is 2.36. The van der Waals surface area contributed by atoms with E-state index in [1.807, 2.05) is 0 Å². The number of primary amides is 1. The maximum absolute atomic E-state index is 12.6. The van der Waals surface area contributed by atoms with Gasteiger partial charge >= 0.3 is 12.0 Å². The predicted molar refractivity (Wildman–Crippen MR) is 86.2 cm³/mol. The van der Waals surface area contributed by atoms with Crippen LogP contribution < -0.4 is 11.5 Å². The molecule has 1 aromatic carbocycles. The number of anilines is 1. The summed E-state index contributed by atoms with van der Waals surface area (Å²) in [5.74, 6) is -2.00. The van der Waals surface area contributed by atoms with Crippen LogP contribution in [0.25, 0.3) is 10.9 Å². The number of carbonyl (C=O) groups excluding carboxylic acids is 3. The Morgan fingerprint density at radius 1 is 1.36 bits per heavy atom. The molecule has 0 spiro atoms. The van der Waals surface area contributed by atoms with Crippen molar-refractivity contribution in [3.8, 4) is 0 Å². The van der Waals surface area contributed by atoms with Crippen molar-refractivity contribution < 1.29 is 24.3 Å².